The molecule has 1 aliphatic rings. The molecule has 226 valence electrons. The molecule has 1 aliphatic heterocycles. The molecule has 4 rings (SSSR count). The SMILES string of the molecule is CCCS(=O)(=O)Nc1ccccc1-n1c(-c2ccccc2)c(C(=O)N2CCNCC2)n(CCNC(=O)CC(C)C)c1=O. The molecular formula is C30H40N6O5S. The molecule has 0 atom stereocenters. The third kappa shape index (κ3) is 7.29. The minimum absolute atomic E-state index is 0.0619. The first-order chi connectivity index (χ1) is 20.1. The highest BCUT2D eigenvalue weighted by Crippen LogP contribution is 2.31. The van der Waals surface area contributed by atoms with E-state index in [0.29, 0.717) is 56.0 Å². The van der Waals surface area contributed by atoms with Crippen LogP contribution in [0.15, 0.2) is 59.4 Å². The number of sulfonamides is 1. The summed E-state index contributed by atoms with van der Waals surface area (Å²) < 4.78 is 31.0. The van der Waals surface area contributed by atoms with Crippen LogP contribution in [-0.4, -0.2) is 72.7 Å². The maximum absolute atomic E-state index is 14.3. The molecule has 42 heavy (non-hydrogen) atoms. The zero-order chi connectivity index (χ0) is 30.3. The zero-order valence-electron chi connectivity index (χ0n) is 24.4. The van der Waals surface area contributed by atoms with E-state index in [2.05, 4.69) is 15.4 Å². The van der Waals surface area contributed by atoms with E-state index in [4.69, 9.17) is 0 Å². The number of anilines is 1. The molecule has 2 aromatic carbocycles. The maximum Gasteiger partial charge on any atom is 0.334 e. The van der Waals surface area contributed by atoms with Crippen molar-refractivity contribution in [1.82, 2.24) is 24.7 Å². The van der Waals surface area contributed by atoms with Crippen LogP contribution in [0.25, 0.3) is 16.9 Å². The highest BCUT2D eigenvalue weighted by Gasteiger charge is 2.31. The minimum atomic E-state index is -3.68. The average Bonchev–Trinajstić information content (AvgIpc) is 3.24. The van der Waals surface area contributed by atoms with Gasteiger partial charge in [-0.15, -0.1) is 0 Å². The van der Waals surface area contributed by atoms with Gasteiger partial charge >= 0.3 is 5.69 Å². The Labute approximate surface area is 247 Å². The van der Waals surface area contributed by atoms with Gasteiger partial charge in [0.05, 0.1) is 22.8 Å². The summed E-state index contributed by atoms with van der Waals surface area (Å²) in [5.74, 6) is -0.336. The second kappa shape index (κ2) is 13.8. The van der Waals surface area contributed by atoms with E-state index in [1.54, 1.807) is 36.1 Å². The second-order valence-corrected chi connectivity index (χ2v) is 12.6. The molecule has 1 saturated heterocycles. The fourth-order valence-corrected chi connectivity index (χ4v) is 6.21. The zero-order valence-corrected chi connectivity index (χ0v) is 25.2. The molecule has 0 aliphatic carbocycles. The van der Waals surface area contributed by atoms with E-state index in [1.165, 1.54) is 9.13 Å². The number of hydrogen-bond acceptors (Lipinski definition) is 6. The fraction of sp³-hybridized carbons (Fsp3) is 0.433. The van der Waals surface area contributed by atoms with Crippen LogP contribution in [0, 0.1) is 5.92 Å². The minimum Gasteiger partial charge on any atom is -0.354 e. The van der Waals surface area contributed by atoms with Gasteiger partial charge in [0.2, 0.25) is 15.9 Å². The van der Waals surface area contributed by atoms with E-state index < -0.39 is 15.7 Å². The van der Waals surface area contributed by atoms with E-state index in [0.717, 1.165) is 0 Å². The molecule has 3 aromatic rings. The van der Waals surface area contributed by atoms with Crippen molar-refractivity contribution in [2.75, 3.05) is 43.2 Å². The van der Waals surface area contributed by atoms with Crippen LogP contribution >= 0.6 is 0 Å². The van der Waals surface area contributed by atoms with Gasteiger partial charge in [0, 0.05) is 51.3 Å². The topological polar surface area (TPSA) is 135 Å². The Morgan fingerprint density at radius 2 is 1.67 bits per heavy atom. The molecular weight excluding hydrogens is 556 g/mol. The number of amides is 2. The van der Waals surface area contributed by atoms with Gasteiger partial charge in [-0.1, -0.05) is 63.2 Å². The normalized spacial score (nSPS) is 13.8. The van der Waals surface area contributed by atoms with Crippen molar-refractivity contribution < 1.29 is 18.0 Å². The number of carbonyl (C=O) groups excluding carboxylic acids is 2. The fourth-order valence-electron chi connectivity index (χ4n) is 5.07. The van der Waals surface area contributed by atoms with Gasteiger partial charge in [-0.25, -0.2) is 13.2 Å². The number of piperazine rings is 1. The number of aromatic nitrogens is 2. The lowest BCUT2D eigenvalue weighted by molar-refractivity contribution is -0.121. The first-order valence-electron chi connectivity index (χ1n) is 14.4. The molecule has 1 fully saturated rings. The smallest absolute Gasteiger partial charge is 0.334 e. The van der Waals surface area contributed by atoms with E-state index in [-0.39, 0.29) is 48.0 Å². The summed E-state index contributed by atoms with van der Waals surface area (Å²) >= 11 is 0. The van der Waals surface area contributed by atoms with Crippen LogP contribution in [0.3, 0.4) is 0 Å². The maximum atomic E-state index is 14.3. The van der Waals surface area contributed by atoms with Crippen LogP contribution in [0.2, 0.25) is 0 Å². The molecule has 2 heterocycles. The summed E-state index contributed by atoms with van der Waals surface area (Å²) in [4.78, 5) is 42.6. The van der Waals surface area contributed by atoms with Crippen molar-refractivity contribution >= 4 is 27.5 Å². The highest BCUT2D eigenvalue weighted by atomic mass is 32.2. The summed E-state index contributed by atoms with van der Waals surface area (Å²) in [5.41, 5.74) is 1.21. The monoisotopic (exact) mass is 596 g/mol. The van der Waals surface area contributed by atoms with Gasteiger partial charge in [-0.2, -0.15) is 0 Å². The number of imidazole rings is 1. The number of para-hydroxylation sites is 2. The number of benzene rings is 2. The number of rotatable bonds is 12. The Hall–Kier alpha value is -3.90. The van der Waals surface area contributed by atoms with Gasteiger partial charge in [-0.3, -0.25) is 23.4 Å². The summed E-state index contributed by atoms with van der Waals surface area (Å²) in [5, 5.41) is 6.11. The van der Waals surface area contributed by atoms with Crippen molar-refractivity contribution in [3.63, 3.8) is 0 Å². The molecule has 0 saturated carbocycles. The first kappa shape index (κ1) is 31.0. The van der Waals surface area contributed by atoms with Gasteiger partial charge < -0.3 is 15.5 Å². The summed E-state index contributed by atoms with van der Waals surface area (Å²) in [6.07, 6.45) is 0.776. The molecule has 0 unspecified atom stereocenters. The quantitative estimate of drug-likeness (QED) is 0.294. The second-order valence-electron chi connectivity index (χ2n) is 10.8. The van der Waals surface area contributed by atoms with Crippen molar-refractivity contribution in [2.24, 2.45) is 5.92 Å². The molecule has 0 spiro atoms. The number of hydrogen-bond donors (Lipinski definition) is 3. The predicted octanol–water partition coefficient (Wildman–Crippen LogP) is 2.67. The predicted molar refractivity (Wildman–Crippen MR) is 164 cm³/mol. The largest absolute Gasteiger partial charge is 0.354 e. The third-order valence-electron chi connectivity index (χ3n) is 6.93. The average molecular weight is 597 g/mol. The van der Waals surface area contributed by atoms with Gasteiger partial charge in [-0.05, 0) is 24.5 Å². The summed E-state index contributed by atoms with van der Waals surface area (Å²) in [6, 6.07) is 15.8. The third-order valence-corrected chi connectivity index (χ3v) is 8.41. The molecule has 1 aromatic heterocycles. The molecule has 0 radical (unpaired) electrons. The van der Waals surface area contributed by atoms with Crippen LogP contribution < -0.4 is 21.0 Å². The van der Waals surface area contributed by atoms with Crippen molar-refractivity contribution in [3.8, 4) is 16.9 Å². The first-order valence-corrected chi connectivity index (χ1v) is 16.1. The van der Waals surface area contributed by atoms with Gasteiger partial charge in [0.15, 0.2) is 0 Å². The molecule has 0 bridgehead atoms. The van der Waals surface area contributed by atoms with E-state index >= 15 is 0 Å². The van der Waals surface area contributed by atoms with Gasteiger partial charge in [0.1, 0.15) is 5.69 Å². The lowest BCUT2D eigenvalue weighted by Gasteiger charge is -2.28. The van der Waals surface area contributed by atoms with Crippen molar-refractivity contribution in [1.29, 1.82) is 0 Å². The van der Waals surface area contributed by atoms with Crippen LogP contribution in [0.4, 0.5) is 5.69 Å². The Balaban J connectivity index is 1.92. The van der Waals surface area contributed by atoms with Crippen molar-refractivity contribution in [2.45, 2.75) is 40.2 Å². The Kier molecular flexibility index (Phi) is 10.2. The lowest BCUT2D eigenvalue weighted by atomic mass is 10.1. The van der Waals surface area contributed by atoms with Crippen molar-refractivity contribution in [3.05, 3.63) is 70.8 Å². The molecule has 3 N–H and O–H groups in total. The summed E-state index contributed by atoms with van der Waals surface area (Å²) in [7, 11) is -3.68. The Morgan fingerprint density at radius 1 is 1.00 bits per heavy atom. The van der Waals surface area contributed by atoms with E-state index in [1.807, 2.05) is 44.2 Å². The molecule has 11 nitrogen and oxygen atoms in total. The van der Waals surface area contributed by atoms with Crippen LogP contribution in [-0.2, 0) is 21.4 Å². The molecule has 2 amide bonds. The number of nitrogens with zero attached hydrogens (tertiary/aromatic N) is 3. The van der Waals surface area contributed by atoms with Crippen LogP contribution in [0.5, 0.6) is 0 Å². The van der Waals surface area contributed by atoms with Crippen LogP contribution in [0.1, 0.15) is 44.1 Å². The number of nitrogens with one attached hydrogen (secondary N) is 3. The molecule has 12 heteroatoms. The number of carbonyl (C=O) groups is 2. The Bertz CT molecular complexity index is 1560. The van der Waals surface area contributed by atoms with E-state index in [9.17, 15) is 22.8 Å². The highest BCUT2D eigenvalue weighted by molar-refractivity contribution is 7.92. The summed E-state index contributed by atoms with van der Waals surface area (Å²) in [6.45, 7) is 8.10. The standard InChI is InChI=1S/C30H40N6O5S/c1-4-20-42(40,41)33-24-12-8-9-13-25(24)36-27(23-10-6-5-7-11-23)28(29(38)34-17-14-31-15-18-34)35(30(36)39)19-16-32-26(37)21-22(2)3/h5-13,22,31,33H,4,14-21H2,1-3H3,(H,32,37). The lowest BCUT2D eigenvalue weighted by Crippen LogP contribution is -2.47. The van der Waals surface area contributed by atoms with Gasteiger partial charge in [0.25, 0.3) is 5.91 Å². The Morgan fingerprint density at radius 3 is 2.33 bits per heavy atom.